The summed E-state index contributed by atoms with van der Waals surface area (Å²) in [5, 5.41) is 1.30. The smallest absolute Gasteiger partial charge is 0.0459 e. The fourth-order valence-electron chi connectivity index (χ4n) is 1.61. The molecule has 0 spiro atoms. The van der Waals surface area contributed by atoms with Gasteiger partial charge in [0.2, 0.25) is 0 Å². The van der Waals surface area contributed by atoms with Crippen LogP contribution in [0.1, 0.15) is 16.8 Å². The Hall–Kier alpha value is -1.50. The molecule has 0 aliphatic heterocycles. The van der Waals surface area contributed by atoms with Crippen molar-refractivity contribution in [3.8, 4) is 0 Å². The third-order valence-corrected chi connectivity index (χ3v) is 2.57. The molecule has 0 saturated heterocycles. The van der Waals surface area contributed by atoms with Gasteiger partial charge in [-0.2, -0.15) is 0 Å². The van der Waals surface area contributed by atoms with Gasteiger partial charge < -0.3 is 4.98 Å². The number of hydrogen-bond donors (Lipinski definition) is 1. The molecule has 0 aliphatic carbocycles. The monoisotopic (exact) mass is 171 g/mol. The van der Waals surface area contributed by atoms with Crippen LogP contribution in [0.15, 0.2) is 24.8 Å². The predicted molar refractivity (Wildman–Crippen MR) is 57.9 cm³/mol. The first-order chi connectivity index (χ1) is 6.22. The Balaban J connectivity index is 2.81. The number of fused-ring (bicyclic) bond motifs is 1. The Morgan fingerprint density at radius 1 is 1.31 bits per heavy atom. The SMILES string of the molecule is C=Cc1ccc2[nH]c(C)c(C)c2c1. The van der Waals surface area contributed by atoms with Gasteiger partial charge in [0.05, 0.1) is 0 Å². The number of hydrogen-bond acceptors (Lipinski definition) is 0. The Bertz CT molecular complexity index is 463. The minimum atomic E-state index is 1.18. The standard InChI is InChI=1S/C12H13N/c1-4-10-5-6-12-11(7-10)8(2)9(3)13-12/h4-7,13H,1H2,2-3H3. The van der Waals surface area contributed by atoms with Gasteiger partial charge in [-0.15, -0.1) is 0 Å². The first-order valence-electron chi connectivity index (χ1n) is 4.43. The number of H-pyrrole nitrogens is 1. The van der Waals surface area contributed by atoms with Crippen LogP contribution in [0.5, 0.6) is 0 Å². The highest BCUT2D eigenvalue weighted by molar-refractivity contribution is 5.86. The van der Waals surface area contributed by atoms with Crippen molar-refractivity contribution < 1.29 is 0 Å². The Morgan fingerprint density at radius 2 is 2.08 bits per heavy atom. The van der Waals surface area contributed by atoms with Gasteiger partial charge in [-0.3, -0.25) is 0 Å². The van der Waals surface area contributed by atoms with E-state index in [-0.39, 0.29) is 0 Å². The minimum absolute atomic E-state index is 1.18. The molecule has 0 fully saturated rings. The van der Waals surface area contributed by atoms with E-state index < -0.39 is 0 Å². The van der Waals surface area contributed by atoms with Crippen molar-refractivity contribution in [2.75, 3.05) is 0 Å². The first-order valence-corrected chi connectivity index (χ1v) is 4.43. The van der Waals surface area contributed by atoms with Crippen LogP contribution in [0.2, 0.25) is 0 Å². The van der Waals surface area contributed by atoms with Gasteiger partial charge in [0.15, 0.2) is 0 Å². The predicted octanol–water partition coefficient (Wildman–Crippen LogP) is 3.43. The van der Waals surface area contributed by atoms with Crippen LogP contribution in [0.3, 0.4) is 0 Å². The van der Waals surface area contributed by atoms with E-state index >= 15 is 0 Å². The highest BCUT2D eigenvalue weighted by Crippen LogP contribution is 2.22. The maximum Gasteiger partial charge on any atom is 0.0459 e. The van der Waals surface area contributed by atoms with E-state index in [0.29, 0.717) is 0 Å². The normalized spacial score (nSPS) is 10.6. The second-order valence-electron chi connectivity index (χ2n) is 3.38. The van der Waals surface area contributed by atoms with Crippen LogP contribution in [0.4, 0.5) is 0 Å². The summed E-state index contributed by atoms with van der Waals surface area (Å²) in [6, 6.07) is 6.35. The van der Waals surface area contributed by atoms with Gasteiger partial charge >= 0.3 is 0 Å². The Morgan fingerprint density at radius 3 is 2.77 bits per heavy atom. The summed E-state index contributed by atoms with van der Waals surface area (Å²) >= 11 is 0. The molecule has 66 valence electrons. The van der Waals surface area contributed by atoms with Crippen molar-refractivity contribution in [3.05, 3.63) is 41.6 Å². The molecule has 2 rings (SSSR count). The van der Waals surface area contributed by atoms with Crippen LogP contribution in [0, 0.1) is 13.8 Å². The molecule has 0 aliphatic rings. The Labute approximate surface area is 78.1 Å². The number of benzene rings is 1. The van der Waals surface area contributed by atoms with Gasteiger partial charge in [0, 0.05) is 16.6 Å². The highest BCUT2D eigenvalue weighted by Gasteiger charge is 2.02. The van der Waals surface area contributed by atoms with Gasteiger partial charge in [-0.05, 0) is 37.1 Å². The molecule has 1 heterocycles. The maximum absolute atomic E-state index is 3.76. The lowest BCUT2D eigenvalue weighted by atomic mass is 10.1. The first kappa shape index (κ1) is 8.11. The average molecular weight is 171 g/mol. The van der Waals surface area contributed by atoms with E-state index in [1.54, 1.807) is 0 Å². The zero-order valence-electron chi connectivity index (χ0n) is 8.02. The zero-order chi connectivity index (χ0) is 9.42. The summed E-state index contributed by atoms with van der Waals surface area (Å²) in [6.45, 7) is 8.00. The lowest BCUT2D eigenvalue weighted by molar-refractivity contribution is 1.25. The van der Waals surface area contributed by atoms with Crippen LogP contribution in [-0.2, 0) is 0 Å². The number of aromatic nitrogens is 1. The molecule has 0 atom stereocenters. The molecular formula is C12H13N. The summed E-state index contributed by atoms with van der Waals surface area (Å²) in [6.07, 6.45) is 1.88. The molecule has 13 heavy (non-hydrogen) atoms. The molecule has 0 unspecified atom stereocenters. The van der Waals surface area contributed by atoms with Crippen molar-refractivity contribution in [2.24, 2.45) is 0 Å². The second kappa shape index (κ2) is 2.77. The number of aromatic amines is 1. The number of rotatable bonds is 1. The van der Waals surface area contributed by atoms with E-state index in [0.717, 1.165) is 0 Å². The van der Waals surface area contributed by atoms with Crippen LogP contribution in [-0.4, -0.2) is 4.98 Å². The van der Waals surface area contributed by atoms with Crippen LogP contribution >= 0.6 is 0 Å². The largest absolute Gasteiger partial charge is 0.358 e. The van der Waals surface area contributed by atoms with E-state index in [9.17, 15) is 0 Å². The molecule has 1 nitrogen and oxygen atoms in total. The van der Waals surface area contributed by atoms with Gasteiger partial charge in [0.25, 0.3) is 0 Å². The van der Waals surface area contributed by atoms with E-state index in [1.165, 1.54) is 27.7 Å². The molecule has 1 aromatic heterocycles. The quantitative estimate of drug-likeness (QED) is 0.676. The summed E-state index contributed by atoms with van der Waals surface area (Å²) in [5.74, 6) is 0. The van der Waals surface area contributed by atoms with Crippen LogP contribution in [0.25, 0.3) is 17.0 Å². The lowest BCUT2D eigenvalue weighted by Crippen LogP contribution is -1.73. The summed E-state index contributed by atoms with van der Waals surface area (Å²) in [4.78, 5) is 3.34. The van der Waals surface area contributed by atoms with E-state index in [1.807, 2.05) is 6.08 Å². The third kappa shape index (κ3) is 1.17. The maximum atomic E-state index is 3.76. The molecule has 0 radical (unpaired) electrons. The molecular weight excluding hydrogens is 158 g/mol. The van der Waals surface area contributed by atoms with Crippen molar-refractivity contribution >= 4 is 17.0 Å². The summed E-state index contributed by atoms with van der Waals surface area (Å²) in [5.41, 5.74) is 4.96. The fraction of sp³-hybridized carbons (Fsp3) is 0.167. The average Bonchev–Trinajstić information content (AvgIpc) is 2.43. The summed E-state index contributed by atoms with van der Waals surface area (Å²) in [7, 11) is 0. The zero-order valence-corrected chi connectivity index (χ0v) is 8.02. The summed E-state index contributed by atoms with van der Waals surface area (Å²) < 4.78 is 0. The van der Waals surface area contributed by atoms with Crippen molar-refractivity contribution in [1.29, 1.82) is 0 Å². The van der Waals surface area contributed by atoms with Crippen LogP contribution < -0.4 is 0 Å². The fourth-order valence-corrected chi connectivity index (χ4v) is 1.61. The van der Waals surface area contributed by atoms with Gasteiger partial charge in [0.1, 0.15) is 0 Å². The van der Waals surface area contributed by atoms with Crippen molar-refractivity contribution in [2.45, 2.75) is 13.8 Å². The van der Waals surface area contributed by atoms with Gasteiger partial charge in [-0.1, -0.05) is 18.7 Å². The van der Waals surface area contributed by atoms with E-state index in [2.05, 4.69) is 43.6 Å². The molecule has 0 saturated carbocycles. The Kier molecular flexibility index (Phi) is 1.73. The molecule has 2 aromatic rings. The van der Waals surface area contributed by atoms with Crippen molar-refractivity contribution in [3.63, 3.8) is 0 Å². The second-order valence-corrected chi connectivity index (χ2v) is 3.38. The topological polar surface area (TPSA) is 15.8 Å². The third-order valence-electron chi connectivity index (χ3n) is 2.57. The molecule has 1 N–H and O–H groups in total. The molecule has 0 amide bonds. The molecule has 0 bridgehead atoms. The highest BCUT2D eigenvalue weighted by atomic mass is 14.7. The molecule has 1 aromatic carbocycles. The number of aryl methyl sites for hydroxylation is 2. The van der Waals surface area contributed by atoms with Gasteiger partial charge in [-0.25, -0.2) is 0 Å². The minimum Gasteiger partial charge on any atom is -0.358 e. The van der Waals surface area contributed by atoms with E-state index in [4.69, 9.17) is 0 Å². The lowest BCUT2D eigenvalue weighted by Gasteiger charge is -1.94. The number of nitrogens with one attached hydrogen (secondary N) is 1. The molecule has 1 heteroatoms. The van der Waals surface area contributed by atoms with Crippen molar-refractivity contribution in [1.82, 2.24) is 4.98 Å².